The van der Waals surface area contributed by atoms with Gasteiger partial charge in [0, 0.05) is 18.6 Å². The largest absolute Gasteiger partial charge is 0.397 e. The second kappa shape index (κ2) is 4.59. The molecule has 2 N–H and O–H groups in total. The first kappa shape index (κ1) is 10.4. The predicted molar refractivity (Wildman–Crippen MR) is 62.5 cm³/mol. The number of aromatic nitrogens is 3. The maximum absolute atomic E-state index is 5.80. The molecule has 6 heteroatoms. The van der Waals surface area contributed by atoms with Crippen molar-refractivity contribution in [2.24, 2.45) is 0 Å². The zero-order chi connectivity index (χ0) is 10.7. The van der Waals surface area contributed by atoms with Crippen LogP contribution in [-0.4, -0.2) is 15.0 Å². The third-order valence-corrected chi connectivity index (χ3v) is 3.53. The Balaban J connectivity index is 2.32. The molecular formula is C9H7BrN4S. The molecule has 0 bridgehead atoms. The molecule has 0 saturated heterocycles. The van der Waals surface area contributed by atoms with E-state index in [4.69, 9.17) is 5.73 Å². The first-order valence-electron chi connectivity index (χ1n) is 4.11. The van der Waals surface area contributed by atoms with Crippen molar-refractivity contribution >= 4 is 33.4 Å². The van der Waals surface area contributed by atoms with Gasteiger partial charge in [0.2, 0.25) is 0 Å². The van der Waals surface area contributed by atoms with Gasteiger partial charge in [-0.3, -0.25) is 4.98 Å². The third kappa shape index (κ3) is 2.45. The van der Waals surface area contributed by atoms with Crippen LogP contribution in [0.5, 0.6) is 0 Å². The lowest BCUT2D eigenvalue weighted by Gasteiger charge is -2.04. The van der Waals surface area contributed by atoms with Crippen LogP contribution in [0.15, 0.2) is 45.4 Å². The number of nitrogen functional groups attached to an aromatic ring is 1. The number of hydrogen-bond donors (Lipinski definition) is 1. The molecule has 0 radical (unpaired) electrons. The highest BCUT2D eigenvalue weighted by molar-refractivity contribution is 9.10. The number of hydrogen-bond acceptors (Lipinski definition) is 5. The molecule has 0 aliphatic rings. The summed E-state index contributed by atoms with van der Waals surface area (Å²) >= 11 is 4.79. The fourth-order valence-corrected chi connectivity index (χ4v) is 2.30. The average molecular weight is 283 g/mol. The van der Waals surface area contributed by atoms with Gasteiger partial charge in [0.05, 0.1) is 21.3 Å². The Morgan fingerprint density at radius 1 is 1.20 bits per heavy atom. The Morgan fingerprint density at radius 3 is 2.60 bits per heavy atom. The smallest absolute Gasteiger partial charge is 0.192 e. The van der Waals surface area contributed by atoms with Crippen molar-refractivity contribution in [3.05, 3.63) is 35.3 Å². The fraction of sp³-hybridized carbons (Fsp3) is 0. The van der Waals surface area contributed by atoms with E-state index < -0.39 is 0 Å². The average Bonchev–Trinajstić information content (AvgIpc) is 2.25. The molecule has 0 aliphatic carbocycles. The van der Waals surface area contributed by atoms with Gasteiger partial charge in [-0.25, -0.2) is 9.97 Å². The lowest BCUT2D eigenvalue weighted by Crippen LogP contribution is -1.92. The van der Waals surface area contributed by atoms with Crippen LogP contribution in [0.25, 0.3) is 0 Å². The van der Waals surface area contributed by atoms with Crippen molar-refractivity contribution in [2.75, 3.05) is 5.73 Å². The summed E-state index contributed by atoms with van der Waals surface area (Å²) in [6.45, 7) is 0. The third-order valence-electron chi connectivity index (χ3n) is 1.62. The maximum atomic E-state index is 5.80. The van der Waals surface area contributed by atoms with E-state index in [0.717, 1.165) is 9.37 Å². The molecule has 2 rings (SSSR count). The number of anilines is 1. The molecule has 0 unspecified atom stereocenters. The van der Waals surface area contributed by atoms with E-state index in [1.165, 1.54) is 11.8 Å². The number of nitrogens with zero attached hydrogens (tertiary/aromatic N) is 3. The first-order chi connectivity index (χ1) is 7.27. The molecular weight excluding hydrogens is 276 g/mol. The number of halogens is 1. The highest BCUT2D eigenvalue weighted by Crippen LogP contribution is 2.34. The monoisotopic (exact) mass is 282 g/mol. The summed E-state index contributed by atoms with van der Waals surface area (Å²) in [4.78, 5) is 13.1. The van der Waals surface area contributed by atoms with Crippen LogP contribution >= 0.6 is 27.7 Å². The van der Waals surface area contributed by atoms with E-state index in [-0.39, 0.29) is 0 Å². The van der Waals surface area contributed by atoms with Crippen LogP contribution in [0.2, 0.25) is 0 Å². The van der Waals surface area contributed by atoms with E-state index in [9.17, 15) is 0 Å². The summed E-state index contributed by atoms with van der Waals surface area (Å²) < 4.78 is 0.847. The molecule has 0 atom stereocenters. The van der Waals surface area contributed by atoms with E-state index >= 15 is 0 Å². The van der Waals surface area contributed by atoms with Crippen molar-refractivity contribution in [3.63, 3.8) is 0 Å². The molecule has 0 aromatic carbocycles. The van der Waals surface area contributed by atoms with Gasteiger partial charge < -0.3 is 5.73 Å². The van der Waals surface area contributed by atoms with Crippen LogP contribution in [0.3, 0.4) is 0 Å². The molecule has 0 fully saturated rings. The van der Waals surface area contributed by atoms with Crippen molar-refractivity contribution in [1.29, 1.82) is 0 Å². The van der Waals surface area contributed by atoms with Gasteiger partial charge in [-0.1, -0.05) is 0 Å². The summed E-state index contributed by atoms with van der Waals surface area (Å²) in [5, 5.41) is 0.663. The second-order valence-corrected chi connectivity index (χ2v) is 4.50. The van der Waals surface area contributed by atoms with Gasteiger partial charge in [-0.2, -0.15) is 0 Å². The molecule has 0 amide bonds. The van der Waals surface area contributed by atoms with Gasteiger partial charge in [0.1, 0.15) is 0 Å². The maximum Gasteiger partial charge on any atom is 0.192 e. The lowest BCUT2D eigenvalue weighted by molar-refractivity contribution is 0.966. The van der Waals surface area contributed by atoms with Crippen LogP contribution in [0.4, 0.5) is 5.69 Å². The number of pyridine rings is 1. The lowest BCUT2D eigenvalue weighted by atomic mass is 10.4. The summed E-state index contributed by atoms with van der Waals surface area (Å²) in [5.74, 6) is 0. The van der Waals surface area contributed by atoms with Crippen LogP contribution in [0.1, 0.15) is 0 Å². The van der Waals surface area contributed by atoms with Crippen molar-refractivity contribution in [3.8, 4) is 0 Å². The SMILES string of the molecule is Nc1cncc(Br)c1Sc1ncccn1. The molecule has 2 aromatic heterocycles. The first-order valence-corrected chi connectivity index (χ1v) is 5.72. The van der Waals surface area contributed by atoms with Gasteiger partial charge in [-0.05, 0) is 33.8 Å². The summed E-state index contributed by atoms with van der Waals surface area (Å²) in [7, 11) is 0. The topological polar surface area (TPSA) is 64.7 Å². The van der Waals surface area contributed by atoms with E-state index in [1.807, 2.05) is 0 Å². The van der Waals surface area contributed by atoms with Crippen molar-refractivity contribution in [2.45, 2.75) is 10.1 Å². The number of rotatable bonds is 2. The predicted octanol–water partition coefficient (Wildman–Crippen LogP) is 2.37. The van der Waals surface area contributed by atoms with Crippen molar-refractivity contribution in [1.82, 2.24) is 15.0 Å². The van der Waals surface area contributed by atoms with Gasteiger partial charge in [-0.15, -0.1) is 0 Å². The molecule has 0 saturated carbocycles. The summed E-state index contributed by atoms with van der Waals surface area (Å²) in [6, 6.07) is 1.77. The Labute approximate surface area is 99.5 Å². The van der Waals surface area contributed by atoms with Crippen LogP contribution < -0.4 is 5.73 Å². The zero-order valence-electron chi connectivity index (χ0n) is 7.59. The quantitative estimate of drug-likeness (QED) is 0.857. The van der Waals surface area contributed by atoms with Crippen LogP contribution in [0, 0.1) is 0 Å². The Morgan fingerprint density at radius 2 is 1.93 bits per heavy atom. The van der Waals surface area contributed by atoms with E-state index in [1.54, 1.807) is 30.9 Å². The van der Waals surface area contributed by atoms with Gasteiger partial charge >= 0.3 is 0 Å². The minimum Gasteiger partial charge on any atom is -0.397 e. The molecule has 2 aromatic rings. The van der Waals surface area contributed by atoms with E-state index in [0.29, 0.717) is 10.8 Å². The molecule has 0 spiro atoms. The standard InChI is InChI=1S/C9H7BrN4S/c10-6-4-12-5-7(11)8(6)15-9-13-2-1-3-14-9/h1-5H,11H2. The Bertz CT molecular complexity index is 443. The highest BCUT2D eigenvalue weighted by Gasteiger charge is 2.08. The minimum absolute atomic E-state index is 0.613. The zero-order valence-corrected chi connectivity index (χ0v) is 9.99. The fourth-order valence-electron chi connectivity index (χ4n) is 0.975. The van der Waals surface area contributed by atoms with Crippen LogP contribution in [-0.2, 0) is 0 Å². The van der Waals surface area contributed by atoms with E-state index in [2.05, 4.69) is 30.9 Å². The molecule has 15 heavy (non-hydrogen) atoms. The second-order valence-electron chi connectivity index (χ2n) is 2.67. The molecule has 4 nitrogen and oxygen atoms in total. The summed E-state index contributed by atoms with van der Waals surface area (Å²) in [5.41, 5.74) is 6.41. The Kier molecular flexibility index (Phi) is 3.17. The summed E-state index contributed by atoms with van der Waals surface area (Å²) in [6.07, 6.45) is 6.69. The Hall–Kier alpha value is -1.14. The van der Waals surface area contributed by atoms with Gasteiger partial charge in [0.15, 0.2) is 5.16 Å². The highest BCUT2D eigenvalue weighted by atomic mass is 79.9. The molecule has 76 valence electrons. The molecule has 0 aliphatic heterocycles. The minimum atomic E-state index is 0.613. The molecule has 2 heterocycles. The number of nitrogens with two attached hydrogens (primary N) is 1. The normalized spacial score (nSPS) is 10.2. The van der Waals surface area contributed by atoms with Gasteiger partial charge in [0.25, 0.3) is 0 Å². The van der Waals surface area contributed by atoms with Crippen molar-refractivity contribution < 1.29 is 0 Å².